The van der Waals surface area contributed by atoms with Crippen LogP contribution in [0.1, 0.15) is 5.56 Å². The number of sulfone groups is 1. The van der Waals surface area contributed by atoms with E-state index >= 15 is 0 Å². The van der Waals surface area contributed by atoms with Gasteiger partial charge in [0.2, 0.25) is 0 Å². The Morgan fingerprint density at radius 3 is 2.76 bits per heavy atom. The van der Waals surface area contributed by atoms with Crippen LogP contribution in [-0.2, 0) is 21.1 Å². The van der Waals surface area contributed by atoms with Crippen LogP contribution in [0, 0.1) is 0 Å². The maximum absolute atomic E-state index is 12.3. The van der Waals surface area contributed by atoms with Crippen LogP contribution < -0.4 is 5.73 Å². The van der Waals surface area contributed by atoms with Crippen molar-refractivity contribution in [1.82, 2.24) is 4.90 Å². The van der Waals surface area contributed by atoms with Gasteiger partial charge < -0.3 is 20.5 Å². The van der Waals surface area contributed by atoms with Crippen molar-refractivity contribution < 1.29 is 18.3 Å². The van der Waals surface area contributed by atoms with Crippen LogP contribution in [0.2, 0.25) is 0 Å². The first-order valence-electron chi connectivity index (χ1n) is 6.76. The van der Waals surface area contributed by atoms with Crippen LogP contribution in [-0.4, -0.2) is 64.1 Å². The van der Waals surface area contributed by atoms with E-state index in [-0.39, 0.29) is 17.3 Å². The Kier molecular flexibility index (Phi) is 7.27. The third-order valence-electron chi connectivity index (χ3n) is 3.12. The molecular formula is C14H24N2O4S. The highest BCUT2D eigenvalue weighted by Gasteiger charge is 2.16. The molecule has 7 heteroatoms. The number of nitrogens with two attached hydrogens (primary N) is 1. The van der Waals surface area contributed by atoms with Crippen molar-refractivity contribution in [3.05, 3.63) is 29.8 Å². The summed E-state index contributed by atoms with van der Waals surface area (Å²) in [7, 11) is -0.0655. The van der Waals surface area contributed by atoms with Gasteiger partial charge in [0, 0.05) is 26.7 Å². The molecule has 0 bridgehead atoms. The number of aliphatic hydroxyl groups is 1. The molecule has 0 aliphatic heterocycles. The number of hydrogen-bond donors (Lipinski definition) is 2. The van der Waals surface area contributed by atoms with Gasteiger partial charge in [-0.05, 0) is 24.7 Å². The first-order chi connectivity index (χ1) is 9.89. The summed E-state index contributed by atoms with van der Waals surface area (Å²) in [5.74, 6) is -0.00275. The smallest absolute Gasteiger partial charge is 0.179 e. The number of aliphatic hydroxyl groups excluding tert-OH is 1. The number of ether oxygens (including phenoxy) is 1. The lowest BCUT2D eigenvalue weighted by molar-refractivity contribution is 0.0444. The van der Waals surface area contributed by atoms with Gasteiger partial charge in [-0.1, -0.05) is 12.1 Å². The molecular weight excluding hydrogens is 292 g/mol. The lowest BCUT2D eigenvalue weighted by atomic mass is 10.2. The molecule has 0 saturated carbocycles. The molecule has 0 fully saturated rings. The fraction of sp³-hybridized carbons (Fsp3) is 0.571. The molecule has 0 spiro atoms. The predicted molar refractivity (Wildman–Crippen MR) is 81.8 cm³/mol. The van der Waals surface area contributed by atoms with Crippen LogP contribution >= 0.6 is 0 Å². The topological polar surface area (TPSA) is 92.9 Å². The zero-order valence-corrected chi connectivity index (χ0v) is 13.3. The third kappa shape index (κ3) is 6.11. The van der Waals surface area contributed by atoms with Crippen molar-refractivity contribution in [2.24, 2.45) is 5.73 Å². The van der Waals surface area contributed by atoms with Gasteiger partial charge in [0.15, 0.2) is 9.84 Å². The van der Waals surface area contributed by atoms with Gasteiger partial charge in [0.05, 0.1) is 23.4 Å². The number of likely N-dealkylation sites (N-methyl/N-ethyl adjacent to an activating group) is 1. The molecule has 3 N–H and O–H groups in total. The average Bonchev–Trinajstić information content (AvgIpc) is 2.45. The summed E-state index contributed by atoms with van der Waals surface area (Å²) < 4.78 is 29.4. The minimum atomic E-state index is -3.35. The zero-order chi connectivity index (χ0) is 15.9. The SMILES string of the molecule is COCC(O)CN(C)CCS(=O)(=O)c1cccc(CN)c1. The monoisotopic (exact) mass is 316 g/mol. The van der Waals surface area contributed by atoms with E-state index < -0.39 is 15.9 Å². The van der Waals surface area contributed by atoms with Crippen molar-refractivity contribution >= 4 is 9.84 Å². The zero-order valence-electron chi connectivity index (χ0n) is 12.5. The maximum atomic E-state index is 12.3. The van der Waals surface area contributed by atoms with Gasteiger partial charge in [-0.2, -0.15) is 0 Å². The van der Waals surface area contributed by atoms with E-state index in [0.717, 1.165) is 5.56 Å². The van der Waals surface area contributed by atoms with Gasteiger partial charge >= 0.3 is 0 Å². The highest BCUT2D eigenvalue weighted by Crippen LogP contribution is 2.13. The highest BCUT2D eigenvalue weighted by atomic mass is 32.2. The summed E-state index contributed by atoms with van der Waals surface area (Å²) in [6, 6.07) is 6.68. The average molecular weight is 316 g/mol. The molecule has 0 radical (unpaired) electrons. The number of benzene rings is 1. The molecule has 0 saturated heterocycles. The minimum Gasteiger partial charge on any atom is -0.389 e. The number of nitrogens with zero attached hydrogens (tertiary/aromatic N) is 1. The third-order valence-corrected chi connectivity index (χ3v) is 4.81. The van der Waals surface area contributed by atoms with Crippen molar-refractivity contribution in [2.75, 3.05) is 39.6 Å². The molecule has 1 aromatic carbocycles. The Balaban J connectivity index is 2.60. The van der Waals surface area contributed by atoms with E-state index in [1.807, 2.05) is 0 Å². The molecule has 0 aliphatic rings. The molecule has 0 heterocycles. The summed E-state index contributed by atoms with van der Waals surface area (Å²) in [5.41, 5.74) is 6.32. The maximum Gasteiger partial charge on any atom is 0.179 e. The minimum absolute atomic E-state index is 0.00275. The first-order valence-corrected chi connectivity index (χ1v) is 8.41. The fourth-order valence-corrected chi connectivity index (χ4v) is 3.36. The molecule has 0 aliphatic carbocycles. The molecule has 1 rings (SSSR count). The van der Waals surface area contributed by atoms with Crippen molar-refractivity contribution in [1.29, 1.82) is 0 Å². The van der Waals surface area contributed by atoms with Crippen molar-refractivity contribution in [3.8, 4) is 0 Å². The van der Waals surface area contributed by atoms with Crippen LogP contribution in [0.3, 0.4) is 0 Å². The summed E-state index contributed by atoms with van der Waals surface area (Å²) in [4.78, 5) is 2.06. The molecule has 21 heavy (non-hydrogen) atoms. The second-order valence-corrected chi connectivity index (χ2v) is 7.15. The number of hydrogen-bond acceptors (Lipinski definition) is 6. The summed E-state index contributed by atoms with van der Waals surface area (Å²) in [5, 5.41) is 9.60. The Labute approximate surface area is 126 Å². The molecule has 0 aromatic heterocycles. The van der Waals surface area contributed by atoms with Crippen LogP contribution in [0.5, 0.6) is 0 Å². The molecule has 0 amide bonds. The summed E-state index contributed by atoms with van der Waals surface area (Å²) in [6.07, 6.45) is -0.622. The molecule has 1 aromatic rings. The first kappa shape index (κ1) is 18.1. The second kappa shape index (κ2) is 8.45. The van der Waals surface area contributed by atoms with Crippen LogP contribution in [0.15, 0.2) is 29.2 Å². The Hall–Kier alpha value is -0.990. The molecule has 1 atom stereocenters. The highest BCUT2D eigenvalue weighted by molar-refractivity contribution is 7.91. The van der Waals surface area contributed by atoms with E-state index in [2.05, 4.69) is 0 Å². The number of rotatable bonds is 9. The molecule has 6 nitrogen and oxygen atoms in total. The largest absolute Gasteiger partial charge is 0.389 e. The molecule has 1 unspecified atom stereocenters. The van der Waals surface area contributed by atoms with Gasteiger partial charge in [-0.3, -0.25) is 0 Å². The Bertz CT molecular complexity index is 534. The quantitative estimate of drug-likeness (QED) is 0.659. The predicted octanol–water partition coefficient (Wildman–Crippen LogP) is -0.142. The van der Waals surface area contributed by atoms with E-state index in [4.69, 9.17) is 10.5 Å². The standard InChI is InChI=1S/C14H24N2O4S/c1-16(10-13(17)11-20-2)6-7-21(18,19)14-5-3-4-12(8-14)9-15/h3-5,8,13,17H,6-7,9-11,15H2,1-2H3. The van der Waals surface area contributed by atoms with E-state index in [0.29, 0.717) is 19.6 Å². The fourth-order valence-electron chi connectivity index (χ4n) is 1.96. The van der Waals surface area contributed by atoms with Crippen molar-refractivity contribution in [3.63, 3.8) is 0 Å². The molecule has 120 valence electrons. The van der Waals surface area contributed by atoms with Gasteiger partial charge in [0.1, 0.15) is 0 Å². The van der Waals surface area contributed by atoms with Gasteiger partial charge in [-0.25, -0.2) is 8.42 Å². The lowest BCUT2D eigenvalue weighted by Gasteiger charge is -2.20. The van der Waals surface area contributed by atoms with Crippen LogP contribution in [0.25, 0.3) is 0 Å². The Morgan fingerprint density at radius 1 is 1.43 bits per heavy atom. The Morgan fingerprint density at radius 2 is 2.14 bits per heavy atom. The van der Waals surface area contributed by atoms with Gasteiger partial charge in [0.25, 0.3) is 0 Å². The summed E-state index contributed by atoms with van der Waals surface area (Å²) >= 11 is 0. The van der Waals surface area contributed by atoms with E-state index in [1.54, 1.807) is 36.2 Å². The normalized spacial score (nSPS) is 13.6. The second-order valence-electron chi connectivity index (χ2n) is 5.04. The van der Waals surface area contributed by atoms with Gasteiger partial charge in [-0.15, -0.1) is 0 Å². The lowest BCUT2D eigenvalue weighted by Crippen LogP contribution is -2.34. The summed E-state index contributed by atoms with van der Waals surface area (Å²) in [6.45, 7) is 1.25. The van der Waals surface area contributed by atoms with E-state index in [9.17, 15) is 13.5 Å². The van der Waals surface area contributed by atoms with E-state index in [1.165, 1.54) is 7.11 Å². The van der Waals surface area contributed by atoms with Crippen molar-refractivity contribution in [2.45, 2.75) is 17.5 Å². The number of methoxy groups -OCH3 is 1. The van der Waals surface area contributed by atoms with Crippen LogP contribution in [0.4, 0.5) is 0 Å².